The van der Waals surface area contributed by atoms with Gasteiger partial charge in [-0.25, -0.2) is 4.18 Å². The highest BCUT2D eigenvalue weighted by molar-refractivity contribution is 7.80. The quantitative estimate of drug-likeness (QED) is 0.808. The number of benzene rings is 1. The van der Waals surface area contributed by atoms with Crippen molar-refractivity contribution < 1.29 is 17.2 Å². The van der Waals surface area contributed by atoms with Crippen LogP contribution in [0.1, 0.15) is 44.7 Å². The van der Waals surface area contributed by atoms with E-state index >= 15 is 0 Å². The SMILES string of the molecule is CCc1ccccc1C(CC)(CC)OS(=O)(=O)O. The average molecular weight is 272 g/mol. The van der Waals surface area contributed by atoms with Crippen molar-refractivity contribution in [3.8, 4) is 0 Å². The van der Waals surface area contributed by atoms with Gasteiger partial charge in [0.2, 0.25) is 0 Å². The molecule has 0 amide bonds. The van der Waals surface area contributed by atoms with Crippen LogP contribution in [-0.4, -0.2) is 13.0 Å². The van der Waals surface area contributed by atoms with E-state index in [0.29, 0.717) is 12.8 Å². The van der Waals surface area contributed by atoms with Gasteiger partial charge in [0.15, 0.2) is 0 Å². The molecule has 1 N–H and O–H groups in total. The molecule has 1 aromatic carbocycles. The third kappa shape index (κ3) is 3.31. The monoisotopic (exact) mass is 272 g/mol. The number of hydrogen-bond donors (Lipinski definition) is 1. The number of hydrogen-bond acceptors (Lipinski definition) is 3. The third-order valence-corrected chi connectivity index (χ3v) is 3.83. The summed E-state index contributed by atoms with van der Waals surface area (Å²) in [4.78, 5) is 0. The maximum atomic E-state index is 11.1. The van der Waals surface area contributed by atoms with Gasteiger partial charge in [-0.3, -0.25) is 4.55 Å². The molecule has 0 saturated heterocycles. The van der Waals surface area contributed by atoms with E-state index in [1.54, 1.807) is 0 Å². The molecule has 0 heterocycles. The van der Waals surface area contributed by atoms with Crippen LogP contribution in [0.3, 0.4) is 0 Å². The molecule has 102 valence electrons. The van der Waals surface area contributed by atoms with E-state index in [-0.39, 0.29) is 0 Å². The zero-order valence-corrected chi connectivity index (χ0v) is 11.8. The van der Waals surface area contributed by atoms with E-state index in [1.807, 2.05) is 45.0 Å². The van der Waals surface area contributed by atoms with Gasteiger partial charge < -0.3 is 0 Å². The first-order valence-corrected chi connectivity index (χ1v) is 7.51. The fourth-order valence-corrected chi connectivity index (χ4v) is 3.00. The molecule has 0 saturated carbocycles. The summed E-state index contributed by atoms with van der Waals surface area (Å²) in [6.45, 7) is 5.70. The first kappa shape index (κ1) is 15.1. The lowest BCUT2D eigenvalue weighted by molar-refractivity contribution is 0.0502. The average Bonchev–Trinajstić information content (AvgIpc) is 2.35. The molecule has 1 aromatic rings. The lowest BCUT2D eigenvalue weighted by Crippen LogP contribution is -2.32. The largest absolute Gasteiger partial charge is 0.398 e. The minimum absolute atomic E-state index is 0.473. The Balaban J connectivity index is 3.35. The van der Waals surface area contributed by atoms with Gasteiger partial charge in [0, 0.05) is 0 Å². The summed E-state index contributed by atoms with van der Waals surface area (Å²) in [5, 5.41) is 0. The predicted molar refractivity (Wildman–Crippen MR) is 70.7 cm³/mol. The molecule has 0 aliphatic rings. The highest BCUT2D eigenvalue weighted by atomic mass is 32.3. The van der Waals surface area contributed by atoms with Crippen molar-refractivity contribution in [2.75, 3.05) is 0 Å². The highest BCUT2D eigenvalue weighted by Crippen LogP contribution is 2.36. The van der Waals surface area contributed by atoms with Gasteiger partial charge in [0.25, 0.3) is 0 Å². The van der Waals surface area contributed by atoms with Crippen molar-refractivity contribution in [2.45, 2.75) is 45.6 Å². The molecule has 5 heteroatoms. The highest BCUT2D eigenvalue weighted by Gasteiger charge is 2.35. The van der Waals surface area contributed by atoms with Crippen LogP contribution in [-0.2, 0) is 26.6 Å². The lowest BCUT2D eigenvalue weighted by atomic mass is 9.85. The number of rotatable bonds is 6. The molecule has 0 spiro atoms. The van der Waals surface area contributed by atoms with E-state index in [4.69, 9.17) is 8.74 Å². The molecule has 0 aliphatic carbocycles. The second-order valence-electron chi connectivity index (χ2n) is 4.22. The topological polar surface area (TPSA) is 63.6 Å². The Kier molecular flexibility index (Phi) is 4.90. The molecule has 0 bridgehead atoms. The normalized spacial score (nSPS) is 12.7. The van der Waals surface area contributed by atoms with Crippen LogP contribution in [0.5, 0.6) is 0 Å². The first-order valence-electron chi connectivity index (χ1n) is 6.15. The Labute approximate surface area is 109 Å². The van der Waals surface area contributed by atoms with Crippen LogP contribution in [0.15, 0.2) is 24.3 Å². The van der Waals surface area contributed by atoms with Gasteiger partial charge in [-0.2, -0.15) is 8.42 Å². The summed E-state index contributed by atoms with van der Waals surface area (Å²) in [5.41, 5.74) is 0.875. The van der Waals surface area contributed by atoms with Gasteiger partial charge in [0.05, 0.1) is 0 Å². The zero-order chi connectivity index (χ0) is 13.8. The van der Waals surface area contributed by atoms with Crippen LogP contribution < -0.4 is 0 Å². The minimum Gasteiger partial charge on any atom is -0.264 e. The number of aryl methyl sites for hydroxylation is 1. The van der Waals surface area contributed by atoms with E-state index in [0.717, 1.165) is 17.5 Å². The molecule has 0 radical (unpaired) electrons. The third-order valence-electron chi connectivity index (χ3n) is 3.30. The fraction of sp³-hybridized carbons (Fsp3) is 0.538. The summed E-state index contributed by atoms with van der Waals surface area (Å²) in [5.74, 6) is 0. The molecule has 18 heavy (non-hydrogen) atoms. The predicted octanol–water partition coefficient (Wildman–Crippen LogP) is 3.08. The van der Waals surface area contributed by atoms with Crippen LogP contribution in [0.4, 0.5) is 0 Å². The van der Waals surface area contributed by atoms with E-state index < -0.39 is 16.0 Å². The maximum absolute atomic E-state index is 11.1. The van der Waals surface area contributed by atoms with Crippen molar-refractivity contribution >= 4 is 10.4 Å². The molecule has 0 aliphatic heterocycles. The second-order valence-corrected chi connectivity index (χ2v) is 5.25. The Morgan fingerprint density at radius 1 is 1.17 bits per heavy atom. The van der Waals surface area contributed by atoms with Gasteiger partial charge in [-0.1, -0.05) is 45.0 Å². The summed E-state index contributed by atoms with van der Waals surface area (Å²) >= 11 is 0. The zero-order valence-electron chi connectivity index (χ0n) is 11.0. The lowest BCUT2D eigenvalue weighted by Gasteiger charge is -2.32. The van der Waals surface area contributed by atoms with Crippen LogP contribution in [0.2, 0.25) is 0 Å². The standard InChI is InChI=1S/C13H20O4S/c1-4-11-9-7-8-10-12(11)13(5-2,6-3)17-18(14,15)16/h7-10H,4-6H2,1-3H3,(H,14,15,16). The summed E-state index contributed by atoms with van der Waals surface area (Å²) in [6, 6.07) is 7.56. The molecule has 0 atom stereocenters. The van der Waals surface area contributed by atoms with Gasteiger partial charge in [0.1, 0.15) is 5.60 Å². The molecular formula is C13H20O4S. The smallest absolute Gasteiger partial charge is 0.264 e. The van der Waals surface area contributed by atoms with Crippen molar-refractivity contribution in [1.29, 1.82) is 0 Å². The van der Waals surface area contributed by atoms with E-state index in [1.165, 1.54) is 0 Å². The molecule has 0 fully saturated rings. The maximum Gasteiger partial charge on any atom is 0.398 e. The van der Waals surface area contributed by atoms with Gasteiger partial charge >= 0.3 is 10.4 Å². The molecule has 4 nitrogen and oxygen atoms in total. The van der Waals surface area contributed by atoms with Crippen LogP contribution in [0.25, 0.3) is 0 Å². The minimum atomic E-state index is -4.48. The van der Waals surface area contributed by atoms with E-state index in [2.05, 4.69) is 0 Å². The summed E-state index contributed by atoms with van der Waals surface area (Å²) in [7, 11) is -4.48. The molecule has 0 aromatic heterocycles. The Hall–Kier alpha value is -0.910. The van der Waals surface area contributed by atoms with Crippen molar-refractivity contribution in [3.05, 3.63) is 35.4 Å². The summed E-state index contributed by atoms with van der Waals surface area (Å²) < 4.78 is 36.1. The summed E-state index contributed by atoms with van der Waals surface area (Å²) in [6.07, 6.45) is 1.73. The Morgan fingerprint density at radius 2 is 1.72 bits per heavy atom. The van der Waals surface area contributed by atoms with Crippen molar-refractivity contribution in [3.63, 3.8) is 0 Å². The Morgan fingerprint density at radius 3 is 2.17 bits per heavy atom. The molecule has 0 unspecified atom stereocenters. The van der Waals surface area contributed by atoms with Gasteiger partial charge in [-0.05, 0) is 30.4 Å². The second kappa shape index (κ2) is 5.82. The van der Waals surface area contributed by atoms with Crippen LogP contribution >= 0.6 is 0 Å². The van der Waals surface area contributed by atoms with E-state index in [9.17, 15) is 8.42 Å². The van der Waals surface area contributed by atoms with Crippen molar-refractivity contribution in [1.82, 2.24) is 0 Å². The van der Waals surface area contributed by atoms with Crippen LogP contribution in [0, 0.1) is 0 Å². The molecular weight excluding hydrogens is 252 g/mol. The fourth-order valence-electron chi connectivity index (χ4n) is 2.27. The first-order chi connectivity index (χ1) is 8.38. The molecule has 1 rings (SSSR count). The van der Waals surface area contributed by atoms with Crippen molar-refractivity contribution in [2.24, 2.45) is 0 Å². The Bertz CT molecular complexity index is 489. The van der Waals surface area contributed by atoms with Gasteiger partial charge in [-0.15, -0.1) is 0 Å².